The summed E-state index contributed by atoms with van der Waals surface area (Å²) in [6.45, 7) is 1.40. The number of aromatic nitrogens is 5. The third kappa shape index (κ3) is 4.29. The lowest BCUT2D eigenvalue weighted by atomic mass is 9.97. The van der Waals surface area contributed by atoms with Crippen molar-refractivity contribution in [1.82, 2.24) is 24.7 Å². The Morgan fingerprint density at radius 1 is 1.24 bits per heavy atom. The number of rotatable bonds is 5. The average Bonchev–Trinajstić information content (AvgIpc) is 3.29. The van der Waals surface area contributed by atoms with Crippen molar-refractivity contribution >= 4 is 29.0 Å². The van der Waals surface area contributed by atoms with Gasteiger partial charge in [-0.15, -0.1) is 0 Å². The maximum Gasteiger partial charge on any atom is 0.229 e. The summed E-state index contributed by atoms with van der Waals surface area (Å²) in [5, 5.41) is 7.50. The first kappa shape index (κ1) is 19.1. The van der Waals surface area contributed by atoms with Gasteiger partial charge >= 0.3 is 0 Å². The second-order valence-electron chi connectivity index (χ2n) is 6.70. The number of piperidine rings is 1. The number of methoxy groups -OCH3 is 1. The van der Waals surface area contributed by atoms with Gasteiger partial charge in [-0.1, -0.05) is 11.6 Å². The van der Waals surface area contributed by atoms with Gasteiger partial charge in [0.25, 0.3) is 0 Å². The van der Waals surface area contributed by atoms with E-state index in [0.29, 0.717) is 28.8 Å². The van der Waals surface area contributed by atoms with Gasteiger partial charge in [-0.3, -0.25) is 4.79 Å². The van der Waals surface area contributed by atoms with Crippen LogP contribution in [0.2, 0.25) is 5.02 Å². The molecule has 0 aliphatic carbocycles. The molecule has 1 N–H and O–H groups in total. The van der Waals surface area contributed by atoms with Crippen LogP contribution in [0.5, 0.6) is 5.75 Å². The molecule has 1 saturated heterocycles. The van der Waals surface area contributed by atoms with Gasteiger partial charge in [-0.05, 0) is 31.0 Å². The number of amides is 1. The molecule has 3 heterocycles. The summed E-state index contributed by atoms with van der Waals surface area (Å²) in [7, 11) is 1.55. The molecule has 1 aliphatic rings. The van der Waals surface area contributed by atoms with Gasteiger partial charge in [0.15, 0.2) is 5.82 Å². The number of halogens is 1. The van der Waals surface area contributed by atoms with E-state index in [4.69, 9.17) is 16.3 Å². The standard InChI is InChI=1S/C19H20ClN7O2/c1-29-16-5-4-14(7-15(16)20)25-19(28)13-3-2-6-26(9-13)17-8-18(23-11-22-17)27-12-21-10-24-27/h4-5,7-8,10-13H,2-3,6,9H2,1H3,(H,25,28). The minimum absolute atomic E-state index is 0.0403. The second-order valence-corrected chi connectivity index (χ2v) is 7.11. The van der Waals surface area contributed by atoms with Gasteiger partial charge in [-0.25, -0.2) is 19.6 Å². The zero-order valence-electron chi connectivity index (χ0n) is 15.8. The first-order chi connectivity index (χ1) is 14.1. The van der Waals surface area contributed by atoms with Crippen molar-refractivity contribution in [3.05, 3.63) is 48.3 Å². The van der Waals surface area contributed by atoms with Crippen molar-refractivity contribution in [2.75, 3.05) is 30.4 Å². The molecule has 0 spiro atoms. The quantitative estimate of drug-likeness (QED) is 0.686. The van der Waals surface area contributed by atoms with Crippen LogP contribution in [0.1, 0.15) is 12.8 Å². The van der Waals surface area contributed by atoms with Crippen molar-refractivity contribution in [1.29, 1.82) is 0 Å². The SMILES string of the molecule is COc1ccc(NC(=O)C2CCCN(c3cc(-n4cncn4)ncn3)C2)cc1Cl. The smallest absolute Gasteiger partial charge is 0.229 e. The number of hydrogen-bond donors (Lipinski definition) is 1. The van der Waals surface area contributed by atoms with Crippen molar-refractivity contribution in [3.8, 4) is 11.6 Å². The Kier molecular flexibility index (Phi) is 5.57. The van der Waals surface area contributed by atoms with Crippen molar-refractivity contribution in [3.63, 3.8) is 0 Å². The molecule has 10 heteroatoms. The molecule has 4 rings (SSSR count). The highest BCUT2D eigenvalue weighted by molar-refractivity contribution is 6.32. The highest BCUT2D eigenvalue weighted by atomic mass is 35.5. The summed E-state index contributed by atoms with van der Waals surface area (Å²) < 4.78 is 6.72. The molecule has 9 nitrogen and oxygen atoms in total. The number of nitrogens with one attached hydrogen (secondary N) is 1. The molecule has 2 aromatic heterocycles. The molecule has 150 valence electrons. The van der Waals surface area contributed by atoms with Crippen LogP contribution in [0, 0.1) is 5.92 Å². The maximum atomic E-state index is 12.8. The normalized spacial score (nSPS) is 16.5. The molecule has 29 heavy (non-hydrogen) atoms. The molecule has 0 bridgehead atoms. The topological polar surface area (TPSA) is 98.1 Å². The summed E-state index contributed by atoms with van der Waals surface area (Å²) in [6, 6.07) is 7.04. The summed E-state index contributed by atoms with van der Waals surface area (Å²) in [4.78, 5) is 27.4. The first-order valence-electron chi connectivity index (χ1n) is 9.20. The number of hydrogen-bond acceptors (Lipinski definition) is 7. The van der Waals surface area contributed by atoms with E-state index >= 15 is 0 Å². The van der Waals surface area contributed by atoms with E-state index in [1.807, 2.05) is 6.07 Å². The van der Waals surface area contributed by atoms with E-state index < -0.39 is 0 Å². The molecular weight excluding hydrogens is 394 g/mol. The Hall–Kier alpha value is -3.20. The van der Waals surface area contributed by atoms with E-state index in [9.17, 15) is 4.79 Å². The van der Waals surface area contributed by atoms with E-state index in [0.717, 1.165) is 25.2 Å². The Labute approximate surface area is 172 Å². The van der Waals surface area contributed by atoms with Gasteiger partial charge in [-0.2, -0.15) is 5.10 Å². The Balaban J connectivity index is 1.45. The van der Waals surface area contributed by atoms with Crippen LogP contribution in [0.25, 0.3) is 5.82 Å². The zero-order chi connectivity index (χ0) is 20.2. The van der Waals surface area contributed by atoms with E-state index in [-0.39, 0.29) is 11.8 Å². The van der Waals surface area contributed by atoms with E-state index in [2.05, 4.69) is 30.3 Å². The second kappa shape index (κ2) is 8.44. The van der Waals surface area contributed by atoms with Crippen LogP contribution >= 0.6 is 11.6 Å². The van der Waals surface area contributed by atoms with Gasteiger partial charge in [0.2, 0.25) is 5.91 Å². The Morgan fingerprint density at radius 3 is 2.86 bits per heavy atom. The highest BCUT2D eigenvalue weighted by Gasteiger charge is 2.27. The molecule has 1 unspecified atom stereocenters. The van der Waals surface area contributed by atoms with Crippen LogP contribution in [-0.2, 0) is 4.79 Å². The van der Waals surface area contributed by atoms with Gasteiger partial charge in [0, 0.05) is 24.8 Å². The largest absolute Gasteiger partial charge is 0.495 e. The van der Waals surface area contributed by atoms with Crippen LogP contribution < -0.4 is 15.0 Å². The van der Waals surface area contributed by atoms with Crippen molar-refractivity contribution < 1.29 is 9.53 Å². The van der Waals surface area contributed by atoms with Gasteiger partial charge in [0.1, 0.15) is 30.5 Å². The lowest BCUT2D eigenvalue weighted by molar-refractivity contribution is -0.120. The fraction of sp³-hybridized carbons (Fsp3) is 0.316. The Bertz CT molecular complexity index is 996. The molecular formula is C19H20ClN7O2. The molecule has 1 amide bonds. The molecule has 1 fully saturated rings. The number of nitrogens with zero attached hydrogens (tertiary/aromatic N) is 6. The zero-order valence-corrected chi connectivity index (χ0v) is 16.6. The van der Waals surface area contributed by atoms with E-state index in [1.54, 1.807) is 36.3 Å². The number of ether oxygens (including phenoxy) is 1. The van der Waals surface area contributed by atoms with Gasteiger partial charge in [0.05, 0.1) is 18.1 Å². The molecule has 1 atom stereocenters. The van der Waals surface area contributed by atoms with Crippen molar-refractivity contribution in [2.45, 2.75) is 12.8 Å². The molecule has 0 radical (unpaired) electrons. The molecule has 3 aromatic rings. The fourth-order valence-corrected chi connectivity index (χ4v) is 3.61. The van der Waals surface area contributed by atoms with Crippen LogP contribution in [0.15, 0.2) is 43.2 Å². The van der Waals surface area contributed by atoms with Crippen LogP contribution in [0.4, 0.5) is 11.5 Å². The monoisotopic (exact) mass is 413 g/mol. The predicted molar refractivity (Wildman–Crippen MR) is 109 cm³/mol. The van der Waals surface area contributed by atoms with Crippen molar-refractivity contribution in [2.24, 2.45) is 5.92 Å². The minimum Gasteiger partial charge on any atom is -0.495 e. The summed E-state index contributed by atoms with van der Waals surface area (Å²) in [5.41, 5.74) is 0.647. The molecule has 1 aliphatic heterocycles. The van der Waals surface area contributed by atoms with Gasteiger partial charge < -0.3 is 15.0 Å². The number of anilines is 2. The highest BCUT2D eigenvalue weighted by Crippen LogP contribution is 2.28. The van der Waals surface area contributed by atoms with Crippen LogP contribution in [-0.4, -0.2) is 50.8 Å². The molecule has 1 aromatic carbocycles. The Morgan fingerprint density at radius 2 is 2.10 bits per heavy atom. The third-order valence-electron chi connectivity index (χ3n) is 4.83. The summed E-state index contributed by atoms with van der Waals surface area (Å²) >= 11 is 6.15. The average molecular weight is 414 g/mol. The number of carbonyl (C=O) groups excluding carboxylic acids is 1. The molecule has 0 saturated carbocycles. The van der Waals surface area contributed by atoms with E-state index in [1.165, 1.54) is 12.7 Å². The maximum absolute atomic E-state index is 12.8. The fourth-order valence-electron chi connectivity index (χ4n) is 3.35. The number of benzene rings is 1. The summed E-state index contributed by atoms with van der Waals surface area (Å²) in [6.07, 6.45) is 6.24. The third-order valence-corrected chi connectivity index (χ3v) is 5.12. The first-order valence-corrected chi connectivity index (χ1v) is 9.58. The predicted octanol–water partition coefficient (Wildman–Crippen LogP) is 2.57. The lowest BCUT2D eigenvalue weighted by Gasteiger charge is -2.32. The number of carbonyl (C=O) groups is 1. The lowest BCUT2D eigenvalue weighted by Crippen LogP contribution is -2.41. The minimum atomic E-state index is -0.158. The summed E-state index contributed by atoms with van der Waals surface area (Å²) in [5.74, 6) is 1.76. The van der Waals surface area contributed by atoms with Crippen LogP contribution in [0.3, 0.4) is 0 Å².